The minimum absolute atomic E-state index is 0.00581. The maximum atomic E-state index is 15.5. The minimum atomic E-state index is -3.98. The van der Waals surface area contributed by atoms with Gasteiger partial charge in [0, 0.05) is 54.9 Å². The van der Waals surface area contributed by atoms with Gasteiger partial charge in [-0.25, -0.2) is 35.9 Å². The monoisotopic (exact) mass is 879 g/mol. The number of halogens is 6. The standard InChI is InChI=1S/C42H35F6N7O6S/c1-60-35-9-3-24(20-49-35)23-2-8-29-32(17-23)51-40(55(41(29)57)27-4-6-28(7-5-27)62(58,59)53-10-12-61-13-11-53)33(16-22-14-25(43)18-26(44)15-22)50-34(56)21-54-38-36(37(52-54)39(45)46)30-19-31(30)42(38,47)48/h2-9,14-15,17-18,20,30-31,33,39H,10-13,16,19,21H2,1H3,(H,50,56)/t30-,31?,33+/m1/s1. The van der Waals surface area contributed by atoms with E-state index in [0.29, 0.717) is 27.8 Å². The number of benzene rings is 3. The van der Waals surface area contributed by atoms with Gasteiger partial charge in [0.1, 0.15) is 35.4 Å². The number of nitrogens with zero attached hydrogens (tertiary/aromatic N) is 6. The summed E-state index contributed by atoms with van der Waals surface area (Å²) >= 11 is 0. The van der Waals surface area contributed by atoms with E-state index in [1.807, 2.05) is 0 Å². The second-order valence-corrected chi connectivity index (χ2v) is 17.2. The molecular weight excluding hydrogens is 845 g/mol. The van der Waals surface area contributed by atoms with Crippen LogP contribution in [0.5, 0.6) is 5.88 Å². The van der Waals surface area contributed by atoms with Crippen molar-refractivity contribution < 1.29 is 49.0 Å². The highest BCUT2D eigenvalue weighted by atomic mass is 32.2. The highest BCUT2D eigenvalue weighted by molar-refractivity contribution is 7.89. The Hall–Kier alpha value is -6.12. The summed E-state index contributed by atoms with van der Waals surface area (Å²) in [5, 5.41) is 6.48. The van der Waals surface area contributed by atoms with Crippen LogP contribution in [0.4, 0.5) is 26.3 Å². The van der Waals surface area contributed by atoms with Crippen LogP contribution in [0.2, 0.25) is 0 Å². The molecule has 2 aliphatic carbocycles. The van der Waals surface area contributed by atoms with Crippen LogP contribution in [0, 0.1) is 17.6 Å². The maximum Gasteiger partial charge on any atom is 0.293 e. The van der Waals surface area contributed by atoms with Gasteiger partial charge in [0.2, 0.25) is 21.8 Å². The molecule has 3 aromatic carbocycles. The summed E-state index contributed by atoms with van der Waals surface area (Å²) in [6.45, 7) is -0.293. The quantitative estimate of drug-likeness (QED) is 0.142. The molecule has 1 N–H and O–H groups in total. The number of sulfonamides is 1. The average Bonchev–Trinajstić information content (AvgIpc) is 3.91. The van der Waals surface area contributed by atoms with Gasteiger partial charge in [-0.3, -0.25) is 18.8 Å². The second kappa shape index (κ2) is 15.7. The predicted molar refractivity (Wildman–Crippen MR) is 210 cm³/mol. The molecule has 6 aromatic rings. The first kappa shape index (κ1) is 41.2. The van der Waals surface area contributed by atoms with Crippen LogP contribution >= 0.6 is 0 Å². The molecule has 3 atom stereocenters. The number of amides is 1. The number of pyridine rings is 1. The van der Waals surface area contributed by atoms with E-state index in [2.05, 4.69) is 15.4 Å². The topological polar surface area (TPSA) is 151 Å². The molecule has 9 rings (SSSR count). The largest absolute Gasteiger partial charge is 0.481 e. The minimum Gasteiger partial charge on any atom is -0.481 e. The molecule has 1 saturated heterocycles. The Morgan fingerprint density at radius 3 is 2.35 bits per heavy atom. The molecule has 4 heterocycles. The molecule has 20 heteroatoms. The van der Waals surface area contributed by atoms with Crippen molar-refractivity contribution in [2.75, 3.05) is 33.4 Å². The van der Waals surface area contributed by atoms with Gasteiger partial charge in [-0.2, -0.15) is 18.2 Å². The fourth-order valence-corrected chi connectivity index (χ4v) is 9.77. The lowest BCUT2D eigenvalue weighted by molar-refractivity contribution is -0.123. The molecule has 3 aliphatic rings. The van der Waals surface area contributed by atoms with Crippen molar-refractivity contribution in [3.63, 3.8) is 0 Å². The number of aromatic nitrogens is 5. The first-order valence-electron chi connectivity index (χ1n) is 19.4. The van der Waals surface area contributed by atoms with Crippen molar-refractivity contribution in [2.24, 2.45) is 5.92 Å². The van der Waals surface area contributed by atoms with E-state index in [1.165, 1.54) is 47.9 Å². The second-order valence-electron chi connectivity index (χ2n) is 15.2. The zero-order valence-electron chi connectivity index (χ0n) is 32.6. The summed E-state index contributed by atoms with van der Waals surface area (Å²) in [4.78, 5) is 37.7. The average molecular weight is 880 g/mol. The molecule has 13 nitrogen and oxygen atoms in total. The van der Waals surface area contributed by atoms with Crippen LogP contribution in [0.25, 0.3) is 27.7 Å². The van der Waals surface area contributed by atoms with Crippen molar-refractivity contribution in [2.45, 2.75) is 48.6 Å². The third kappa shape index (κ3) is 7.38. The predicted octanol–water partition coefficient (Wildman–Crippen LogP) is 6.20. The Morgan fingerprint density at radius 1 is 0.984 bits per heavy atom. The Kier molecular flexibility index (Phi) is 10.4. The number of hydrogen-bond donors (Lipinski definition) is 1. The molecule has 3 aromatic heterocycles. The molecule has 0 radical (unpaired) electrons. The van der Waals surface area contributed by atoms with Gasteiger partial charge >= 0.3 is 0 Å². The number of carbonyl (C=O) groups excluding carboxylic acids is 1. The van der Waals surface area contributed by atoms with Gasteiger partial charge in [0.05, 0.1) is 47.9 Å². The fraction of sp³-hybridized carbons (Fsp3) is 0.310. The number of rotatable bonds is 12. The number of alkyl halides is 4. The Bertz CT molecular complexity index is 2880. The molecule has 1 saturated carbocycles. The number of methoxy groups -OCH3 is 1. The van der Waals surface area contributed by atoms with Crippen molar-refractivity contribution in [3.8, 4) is 22.7 Å². The van der Waals surface area contributed by atoms with E-state index in [0.717, 1.165) is 16.7 Å². The van der Waals surface area contributed by atoms with Crippen molar-refractivity contribution in [1.82, 2.24) is 33.9 Å². The van der Waals surface area contributed by atoms with Gasteiger partial charge in [-0.05, 0) is 78.1 Å². The van der Waals surface area contributed by atoms with Gasteiger partial charge in [0.15, 0.2) is 0 Å². The number of carbonyl (C=O) groups is 1. The van der Waals surface area contributed by atoms with Gasteiger partial charge in [0.25, 0.3) is 17.9 Å². The molecule has 62 heavy (non-hydrogen) atoms. The van der Waals surface area contributed by atoms with Crippen LogP contribution in [0.1, 0.15) is 53.1 Å². The third-order valence-corrected chi connectivity index (χ3v) is 13.3. The number of ether oxygens (including phenoxy) is 2. The van der Waals surface area contributed by atoms with Crippen molar-refractivity contribution in [1.29, 1.82) is 0 Å². The number of hydrogen-bond acceptors (Lipinski definition) is 9. The summed E-state index contributed by atoms with van der Waals surface area (Å²) in [6, 6.07) is 14.6. The summed E-state index contributed by atoms with van der Waals surface area (Å²) < 4.78 is 129. The van der Waals surface area contributed by atoms with E-state index >= 15 is 8.78 Å². The highest BCUT2D eigenvalue weighted by Gasteiger charge is 2.67. The molecule has 322 valence electrons. The van der Waals surface area contributed by atoms with Crippen LogP contribution in [-0.4, -0.2) is 76.4 Å². The summed E-state index contributed by atoms with van der Waals surface area (Å²) in [5.41, 5.74) is -1.22. The first-order valence-corrected chi connectivity index (χ1v) is 20.8. The van der Waals surface area contributed by atoms with Crippen LogP contribution in [0.3, 0.4) is 0 Å². The summed E-state index contributed by atoms with van der Waals surface area (Å²) in [7, 11) is -2.52. The van der Waals surface area contributed by atoms with Gasteiger partial charge < -0.3 is 14.8 Å². The normalized spacial score (nSPS) is 18.7. The van der Waals surface area contributed by atoms with Crippen LogP contribution in [0.15, 0.2) is 88.7 Å². The van der Waals surface area contributed by atoms with E-state index < -0.39 is 87.7 Å². The number of nitrogens with one attached hydrogen (secondary N) is 1. The summed E-state index contributed by atoms with van der Waals surface area (Å²) in [5.74, 6) is -8.35. The Morgan fingerprint density at radius 2 is 1.69 bits per heavy atom. The molecule has 0 bridgehead atoms. The number of fused-ring (bicyclic) bond motifs is 4. The van der Waals surface area contributed by atoms with Crippen LogP contribution in [-0.2, 0) is 38.4 Å². The maximum absolute atomic E-state index is 15.5. The number of morpholine rings is 1. The lowest BCUT2D eigenvalue weighted by Gasteiger charge is -2.26. The molecule has 2 fully saturated rings. The third-order valence-electron chi connectivity index (χ3n) is 11.3. The molecule has 1 unspecified atom stereocenters. The van der Waals surface area contributed by atoms with Crippen molar-refractivity contribution in [3.05, 3.63) is 129 Å². The fourth-order valence-electron chi connectivity index (χ4n) is 8.37. The van der Waals surface area contributed by atoms with E-state index in [1.54, 1.807) is 24.3 Å². The molecule has 0 spiro atoms. The summed E-state index contributed by atoms with van der Waals surface area (Å²) in [6.07, 6.45) is -2.08. The molecule has 1 aliphatic heterocycles. The SMILES string of the molecule is COc1ccc(-c2ccc3c(=O)n(-c4ccc(S(=O)(=O)N5CCOCC5)cc4)c([C@H](Cc4cc(F)cc(F)c4)NC(=O)Cn4nc(C(F)F)c5c4C(F)(F)C4C[C@@H]54)nc3c2)cn1. The van der Waals surface area contributed by atoms with Gasteiger partial charge in [-0.1, -0.05) is 6.07 Å². The molecular formula is C42H35F6N7O6S. The van der Waals surface area contributed by atoms with E-state index in [4.69, 9.17) is 14.5 Å². The zero-order chi connectivity index (χ0) is 43.7. The van der Waals surface area contributed by atoms with Crippen molar-refractivity contribution >= 4 is 26.8 Å². The van der Waals surface area contributed by atoms with E-state index in [9.17, 15) is 35.6 Å². The highest BCUT2D eigenvalue weighted by Crippen LogP contribution is 2.68. The van der Waals surface area contributed by atoms with Crippen LogP contribution < -0.4 is 15.6 Å². The first-order chi connectivity index (χ1) is 29.6. The Balaban J connectivity index is 1.18. The smallest absolute Gasteiger partial charge is 0.293 e. The lowest BCUT2D eigenvalue weighted by atomic mass is 10.0. The van der Waals surface area contributed by atoms with Gasteiger partial charge in [-0.15, -0.1) is 0 Å². The Labute approximate surface area is 349 Å². The molecule has 1 amide bonds. The van der Waals surface area contributed by atoms with E-state index in [-0.39, 0.29) is 71.2 Å². The zero-order valence-corrected chi connectivity index (χ0v) is 33.4. The lowest BCUT2D eigenvalue weighted by Crippen LogP contribution is -2.40.